The molecule has 0 bridgehead atoms. The fourth-order valence-corrected chi connectivity index (χ4v) is 2.69. The van der Waals surface area contributed by atoms with Gasteiger partial charge in [-0.1, -0.05) is 18.2 Å². The maximum absolute atomic E-state index is 12.0. The molecule has 3 rings (SSSR count). The molecule has 0 fully saturated rings. The number of carbonyl (C=O) groups excluding carboxylic acids is 1. The second-order valence-electron chi connectivity index (χ2n) is 6.11. The molecule has 1 N–H and O–H groups in total. The first kappa shape index (κ1) is 17.7. The Morgan fingerprint density at radius 2 is 1.81 bits per heavy atom. The summed E-state index contributed by atoms with van der Waals surface area (Å²) in [7, 11) is 5.07. The molecule has 0 radical (unpaired) electrons. The number of aromatic hydroxyl groups is 1. The fraction of sp³-hybridized carbons (Fsp3) is 0.200. The van der Waals surface area contributed by atoms with E-state index in [1.807, 2.05) is 61.5 Å². The van der Waals surface area contributed by atoms with Gasteiger partial charge in [0, 0.05) is 17.3 Å². The van der Waals surface area contributed by atoms with Crippen molar-refractivity contribution >= 4 is 16.7 Å². The number of benzene rings is 2. The molecule has 0 aliphatic carbocycles. The predicted octanol–water partition coefficient (Wildman–Crippen LogP) is 3.58. The van der Waals surface area contributed by atoms with Crippen molar-refractivity contribution in [3.05, 3.63) is 59.9 Å². The zero-order valence-corrected chi connectivity index (χ0v) is 14.9. The van der Waals surface area contributed by atoms with E-state index in [4.69, 9.17) is 9.47 Å². The minimum Gasteiger partial charge on any atom is -0.505 e. The Morgan fingerprint density at radius 3 is 2.46 bits per heavy atom. The SMILES string of the molecule is COC(=O)c1nc(CN(C)C)c2ccc(Oc3ccccc3)cc2c1O. The number of aromatic nitrogens is 1. The van der Waals surface area contributed by atoms with Gasteiger partial charge in [0.1, 0.15) is 11.5 Å². The second-order valence-corrected chi connectivity index (χ2v) is 6.11. The predicted molar refractivity (Wildman–Crippen MR) is 98.7 cm³/mol. The lowest BCUT2D eigenvalue weighted by Crippen LogP contribution is -2.15. The molecule has 0 amide bonds. The van der Waals surface area contributed by atoms with Crippen molar-refractivity contribution in [2.45, 2.75) is 6.54 Å². The van der Waals surface area contributed by atoms with Gasteiger partial charge in [-0.15, -0.1) is 0 Å². The summed E-state index contributed by atoms with van der Waals surface area (Å²) in [5.74, 6) is 0.338. The van der Waals surface area contributed by atoms with E-state index in [-0.39, 0.29) is 11.4 Å². The molecule has 0 aliphatic rings. The number of ether oxygens (including phenoxy) is 2. The van der Waals surface area contributed by atoms with Gasteiger partial charge in [-0.2, -0.15) is 0 Å². The van der Waals surface area contributed by atoms with Crippen molar-refractivity contribution in [2.24, 2.45) is 0 Å². The van der Waals surface area contributed by atoms with Crippen LogP contribution in [0.2, 0.25) is 0 Å². The van der Waals surface area contributed by atoms with Crippen LogP contribution in [0.25, 0.3) is 10.8 Å². The van der Waals surface area contributed by atoms with Gasteiger partial charge in [0.05, 0.1) is 12.8 Å². The van der Waals surface area contributed by atoms with Crippen LogP contribution in [0.3, 0.4) is 0 Å². The van der Waals surface area contributed by atoms with Gasteiger partial charge in [0.2, 0.25) is 0 Å². The first-order chi connectivity index (χ1) is 12.5. The van der Waals surface area contributed by atoms with Gasteiger partial charge in [-0.3, -0.25) is 0 Å². The number of nitrogens with zero attached hydrogens (tertiary/aromatic N) is 2. The summed E-state index contributed by atoms with van der Waals surface area (Å²) in [6, 6.07) is 14.7. The molecule has 0 saturated carbocycles. The molecule has 3 aromatic rings. The van der Waals surface area contributed by atoms with E-state index < -0.39 is 5.97 Å². The van der Waals surface area contributed by atoms with E-state index in [0.717, 1.165) is 5.39 Å². The minimum atomic E-state index is -0.682. The number of fused-ring (bicyclic) bond motifs is 1. The lowest BCUT2D eigenvalue weighted by molar-refractivity contribution is 0.0590. The quantitative estimate of drug-likeness (QED) is 0.708. The standard InChI is InChI=1S/C20H20N2O4/c1-22(2)12-17-15-10-9-14(26-13-7-5-4-6-8-13)11-16(15)19(23)18(21-17)20(24)25-3/h4-11,23H,12H2,1-3H3. The highest BCUT2D eigenvalue weighted by Crippen LogP contribution is 2.34. The maximum Gasteiger partial charge on any atom is 0.360 e. The van der Waals surface area contributed by atoms with E-state index in [1.54, 1.807) is 6.07 Å². The van der Waals surface area contributed by atoms with Crippen LogP contribution in [0.5, 0.6) is 17.2 Å². The Balaban J connectivity index is 2.13. The van der Waals surface area contributed by atoms with Gasteiger partial charge < -0.3 is 19.5 Å². The van der Waals surface area contributed by atoms with Crippen molar-refractivity contribution in [3.8, 4) is 17.2 Å². The van der Waals surface area contributed by atoms with E-state index >= 15 is 0 Å². The highest BCUT2D eigenvalue weighted by Gasteiger charge is 2.20. The van der Waals surface area contributed by atoms with E-state index in [9.17, 15) is 9.90 Å². The van der Waals surface area contributed by atoms with Crippen LogP contribution < -0.4 is 4.74 Å². The second kappa shape index (κ2) is 7.41. The highest BCUT2D eigenvalue weighted by atomic mass is 16.5. The van der Waals surface area contributed by atoms with Crippen molar-refractivity contribution < 1.29 is 19.4 Å². The number of methoxy groups -OCH3 is 1. The summed E-state index contributed by atoms with van der Waals surface area (Å²) >= 11 is 0. The number of hydrogen-bond donors (Lipinski definition) is 1. The van der Waals surface area contributed by atoms with Gasteiger partial charge in [0.15, 0.2) is 11.4 Å². The maximum atomic E-state index is 12.0. The molecule has 26 heavy (non-hydrogen) atoms. The van der Waals surface area contributed by atoms with Crippen molar-refractivity contribution in [2.75, 3.05) is 21.2 Å². The zero-order chi connectivity index (χ0) is 18.7. The highest BCUT2D eigenvalue weighted by molar-refractivity contribution is 6.00. The molecule has 0 unspecified atom stereocenters. The van der Waals surface area contributed by atoms with Crippen molar-refractivity contribution in [1.82, 2.24) is 9.88 Å². The monoisotopic (exact) mass is 352 g/mol. The number of carbonyl (C=O) groups is 1. The fourth-order valence-electron chi connectivity index (χ4n) is 2.69. The van der Waals surface area contributed by atoms with Gasteiger partial charge >= 0.3 is 5.97 Å². The summed E-state index contributed by atoms with van der Waals surface area (Å²) in [6.07, 6.45) is 0. The van der Waals surface area contributed by atoms with E-state index in [0.29, 0.717) is 29.1 Å². The molecule has 1 heterocycles. The molecule has 0 spiro atoms. The first-order valence-electron chi connectivity index (χ1n) is 8.11. The molecule has 0 atom stereocenters. The first-order valence-corrected chi connectivity index (χ1v) is 8.11. The lowest BCUT2D eigenvalue weighted by Gasteiger charge is -2.15. The average molecular weight is 352 g/mol. The van der Waals surface area contributed by atoms with Crippen LogP contribution in [0.4, 0.5) is 0 Å². The molecule has 6 nitrogen and oxygen atoms in total. The Labute approximate surface area is 151 Å². The number of pyridine rings is 1. The van der Waals surface area contributed by atoms with Crippen LogP contribution in [0.15, 0.2) is 48.5 Å². The summed E-state index contributed by atoms with van der Waals surface area (Å²) in [5, 5.41) is 11.8. The molecule has 6 heteroatoms. The van der Waals surface area contributed by atoms with Crippen LogP contribution in [0.1, 0.15) is 16.2 Å². The normalized spacial score (nSPS) is 10.9. The van der Waals surface area contributed by atoms with Gasteiger partial charge in [-0.05, 0) is 44.4 Å². The molecule has 134 valence electrons. The molecule has 1 aromatic heterocycles. The van der Waals surface area contributed by atoms with Crippen LogP contribution >= 0.6 is 0 Å². The van der Waals surface area contributed by atoms with Crippen LogP contribution in [0, 0.1) is 0 Å². The molecular formula is C20H20N2O4. The third-order valence-corrected chi connectivity index (χ3v) is 3.85. The van der Waals surface area contributed by atoms with Crippen molar-refractivity contribution in [3.63, 3.8) is 0 Å². The summed E-state index contributed by atoms with van der Waals surface area (Å²) in [5.41, 5.74) is 0.572. The number of para-hydroxylation sites is 1. The Morgan fingerprint density at radius 1 is 1.08 bits per heavy atom. The molecular weight excluding hydrogens is 332 g/mol. The van der Waals surface area contributed by atoms with Crippen LogP contribution in [-0.4, -0.2) is 42.2 Å². The molecule has 2 aromatic carbocycles. The van der Waals surface area contributed by atoms with E-state index in [2.05, 4.69) is 4.98 Å². The Kier molecular flexibility index (Phi) is 5.04. The summed E-state index contributed by atoms with van der Waals surface area (Å²) in [6.45, 7) is 0.514. The lowest BCUT2D eigenvalue weighted by atomic mass is 10.1. The van der Waals surface area contributed by atoms with Gasteiger partial charge in [0.25, 0.3) is 0 Å². The summed E-state index contributed by atoms with van der Waals surface area (Å²) in [4.78, 5) is 18.3. The average Bonchev–Trinajstić information content (AvgIpc) is 2.64. The zero-order valence-electron chi connectivity index (χ0n) is 14.9. The molecule has 0 aliphatic heterocycles. The number of esters is 1. The topological polar surface area (TPSA) is 71.9 Å². The van der Waals surface area contributed by atoms with Crippen molar-refractivity contribution in [1.29, 1.82) is 0 Å². The smallest absolute Gasteiger partial charge is 0.360 e. The molecule has 0 saturated heterocycles. The Hall–Kier alpha value is -3.12. The number of rotatable bonds is 5. The van der Waals surface area contributed by atoms with Crippen LogP contribution in [-0.2, 0) is 11.3 Å². The number of hydrogen-bond acceptors (Lipinski definition) is 6. The third kappa shape index (κ3) is 3.60. The third-order valence-electron chi connectivity index (χ3n) is 3.85. The Bertz CT molecular complexity index is 939. The van der Waals surface area contributed by atoms with Gasteiger partial charge in [-0.25, -0.2) is 9.78 Å². The summed E-state index contributed by atoms with van der Waals surface area (Å²) < 4.78 is 10.6. The minimum absolute atomic E-state index is 0.103. The largest absolute Gasteiger partial charge is 0.505 e. The van der Waals surface area contributed by atoms with E-state index in [1.165, 1.54) is 7.11 Å².